The van der Waals surface area contributed by atoms with E-state index in [0.717, 1.165) is 21.7 Å². The van der Waals surface area contributed by atoms with Gasteiger partial charge in [0, 0.05) is 19.4 Å². The number of likely N-dealkylation sites (tertiary alicyclic amines) is 1. The molecule has 6 N–H and O–H groups in total. The summed E-state index contributed by atoms with van der Waals surface area (Å²) >= 11 is 1.58. The molecule has 5 rings (SSSR count). The minimum atomic E-state index is -0.839. The first kappa shape index (κ1) is 46.4. The van der Waals surface area contributed by atoms with Gasteiger partial charge in [0.15, 0.2) is 11.6 Å². The van der Waals surface area contributed by atoms with Crippen LogP contribution in [-0.2, 0) is 30.3 Å². The number of aliphatic hydroxyl groups is 1. The molecule has 2 aromatic carbocycles. The number of aliphatic hydroxyl groups excluding tert-OH is 1. The van der Waals surface area contributed by atoms with Crippen LogP contribution in [-0.4, -0.2) is 94.1 Å². The lowest BCUT2D eigenvalue weighted by molar-refractivity contribution is -0.142. The second-order valence-electron chi connectivity index (χ2n) is 17.9. The van der Waals surface area contributed by atoms with E-state index >= 15 is 4.39 Å². The maximum atomic E-state index is 15.6. The number of ether oxygens (including phenoxy) is 3. The number of carbonyl (C=O) groups is 4. The average Bonchev–Trinajstić information content (AvgIpc) is 3.55. The zero-order chi connectivity index (χ0) is 43.9. The van der Waals surface area contributed by atoms with Crippen molar-refractivity contribution < 1.29 is 42.9 Å². The Balaban J connectivity index is 1.13. The first-order valence-electron chi connectivity index (χ1n) is 20.6. The fourth-order valence-corrected chi connectivity index (χ4v) is 8.08. The van der Waals surface area contributed by atoms with E-state index in [-0.39, 0.29) is 62.1 Å². The standard InChI is InChI=1S/C44H61FN6O8S/c1-25(27-15-17-29(18-16-27)37-26(2)47-24-60-37)48-39(54)32-21-31(52)22-51(32)41(55)38(43(3,4)5)50-40-34(58-40)14-10-12-28-11-9-13-33(36(28)45)57-23-30(19-20-35(46)53)49-42(56)59-44(6,7)8/h9,11,13,15-18,24-25,30-32,34,38,40,50,52H,10,12,14,19-23H2,1-8H3,(H2,46,53)(H,48,54)(H,49,56)/t25-,30-,31+,32-,34?,38+,40?/m0/s1. The lowest BCUT2D eigenvalue weighted by Gasteiger charge is -2.35. The molecule has 0 aliphatic carbocycles. The monoisotopic (exact) mass is 852 g/mol. The highest BCUT2D eigenvalue weighted by molar-refractivity contribution is 7.13. The molecule has 2 saturated heterocycles. The Hall–Kier alpha value is -4.64. The fourth-order valence-electron chi connectivity index (χ4n) is 7.26. The molecule has 0 saturated carbocycles. The molecule has 14 nitrogen and oxygen atoms in total. The molecule has 0 radical (unpaired) electrons. The van der Waals surface area contributed by atoms with E-state index in [1.807, 2.05) is 64.4 Å². The second kappa shape index (κ2) is 19.8. The lowest BCUT2D eigenvalue weighted by atomic mass is 9.85. The summed E-state index contributed by atoms with van der Waals surface area (Å²) in [6.07, 6.45) is -0.234. The van der Waals surface area contributed by atoms with Crippen LogP contribution in [0.25, 0.3) is 10.4 Å². The number of amides is 4. The Labute approximate surface area is 356 Å². The number of β-amino-alcohol motifs (C(OH)–C–C–N with tert-alkyl or cyclic N) is 1. The van der Waals surface area contributed by atoms with Gasteiger partial charge in [0.1, 0.15) is 24.5 Å². The van der Waals surface area contributed by atoms with E-state index in [1.54, 1.807) is 44.2 Å². The smallest absolute Gasteiger partial charge is 0.407 e. The van der Waals surface area contributed by atoms with Crippen molar-refractivity contribution in [2.24, 2.45) is 11.1 Å². The third-order valence-corrected chi connectivity index (χ3v) is 11.5. The number of thiazole rings is 1. The number of nitrogens with two attached hydrogens (primary N) is 1. The summed E-state index contributed by atoms with van der Waals surface area (Å²) in [5.74, 6) is -1.66. The quantitative estimate of drug-likeness (QED) is 0.0993. The van der Waals surface area contributed by atoms with E-state index in [0.29, 0.717) is 24.8 Å². The number of benzene rings is 2. The van der Waals surface area contributed by atoms with Crippen molar-refractivity contribution >= 4 is 35.2 Å². The van der Waals surface area contributed by atoms with Crippen LogP contribution in [0, 0.1) is 18.2 Å². The third kappa shape index (κ3) is 12.9. The molecule has 16 heteroatoms. The van der Waals surface area contributed by atoms with E-state index in [9.17, 15) is 24.3 Å². The maximum Gasteiger partial charge on any atom is 0.407 e. The van der Waals surface area contributed by atoms with Crippen molar-refractivity contribution in [3.8, 4) is 16.2 Å². The molecule has 60 heavy (non-hydrogen) atoms. The molecule has 3 aromatic rings. The van der Waals surface area contributed by atoms with Gasteiger partial charge in [-0.1, -0.05) is 57.2 Å². The van der Waals surface area contributed by atoms with E-state index in [2.05, 4.69) is 20.9 Å². The first-order chi connectivity index (χ1) is 28.2. The van der Waals surface area contributed by atoms with Crippen LogP contribution in [0.2, 0.25) is 0 Å². The molecule has 7 atom stereocenters. The third-order valence-electron chi connectivity index (χ3n) is 10.5. The molecule has 0 bridgehead atoms. The van der Waals surface area contributed by atoms with Gasteiger partial charge >= 0.3 is 6.09 Å². The highest BCUT2D eigenvalue weighted by Crippen LogP contribution is 2.33. The topological polar surface area (TPSA) is 198 Å². The summed E-state index contributed by atoms with van der Waals surface area (Å²) in [6, 6.07) is 10.3. The van der Waals surface area contributed by atoms with Crippen molar-refractivity contribution in [1.82, 2.24) is 25.8 Å². The number of rotatable bonds is 18. The number of carbonyl (C=O) groups excluding carboxylic acids is 4. The SMILES string of the molecule is Cc1ncsc1-c1ccc([C@H](C)NC(=O)[C@@H]2C[C@@H](O)CN2C(=O)[C@@H](NC2OC2CCCc2cccc(OC[C@H](CCC(N)=O)NC(=O)OC(C)(C)C)c2F)C(C)(C)C)cc1. The normalized spacial score (nSPS) is 20.5. The van der Waals surface area contributed by atoms with Gasteiger partial charge in [-0.2, -0.15) is 0 Å². The molecule has 3 heterocycles. The van der Waals surface area contributed by atoms with Crippen LogP contribution >= 0.6 is 11.3 Å². The van der Waals surface area contributed by atoms with E-state index < -0.39 is 59.3 Å². The molecule has 1 aromatic heterocycles. The van der Waals surface area contributed by atoms with Crippen molar-refractivity contribution in [2.45, 2.75) is 142 Å². The molecule has 0 spiro atoms. The number of primary amides is 1. The van der Waals surface area contributed by atoms with Gasteiger partial charge in [-0.15, -0.1) is 11.3 Å². The molecule has 2 unspecified atom stereocenters. The number of nitrogens with one attached hydrogen (secondary N) is 3. The molecule has 2 fully saturated rings. The summed E-state index contributed by atoms with van der Waals surface area (Å²) in [5, 5.41) is 19.8. The van der Waals surface area contributed by atoms with Gasteiger partial charge in [-0.3, -0.25) is 19.7 Å². The number of hydrogen-bond donors (Lipinski definition) is 5. The Morgan fingerprint density at radius 1 is 1.08 bits per heavy atom. The lowest BCUT2D eigenvalue weighted by Crippen LogP contribution is -2.57. The number of halogens is 1. The van der Waals surface area contributed by atoms with Gasteiger partial charge in [0.25, 0.3) is 0 Å². The van der Waals surface area contributed by atoms with Crippen LogP contribution in [0.5, 0.6) is 5.75 Å². The van der Waals surface area contributed by atoms with Crippen LogP contribution in [0.3, 0.4) is 0 Å². The maximum absolute atomic E-state index is 15.6. The van der Waals surface area contributed by atoms with Crippen molar-refractivity contribution in [2.75, 3.05) is 13.2 Å². The molecular weight excluding hydrogens is 792 g/mol. The number of aryl methyl sites for hydroxylation is 2. The molecule has 2 aliphatic heterocycles. The largest absolute Gasteiger partial charge is 0.488 e. The van der Waals surface area contributed by atoms with E-state index in [4.69, 9.17) is 19.9 Å². The Morgan fingerprint density at radius 3 is 2.43 bits per heavy atom. The first-order valence-corrected chi connectivity index (χ1v) is 21.5. The Morgan fingerprint density at radius 2 is 1.80 bits per heavy atom. The van der Waals surface area contributed by atoms with Crippen LogP contribution in [0.15, 0.2) is 48.0 Å². The minimum absolute atomic E-state index is 0.0000630. The zero-order valence-electron chi connectivity index (χ0n) is 35.9. The predicted molar refractivity (Wildman–Crippen MR) is 226 cm³/mol. The average molecular weight is 853 g/mol. The van der Waals surface area contributed by atoms with Crippen LogP contribution < -0.4 is 26.4 Å². The summed E-state index contributed by atoms with van der Waals surface area (Å²) in [7, 11) is 0. The zero-order valence-corrected chi connectivity index (χ0v) is 36.7. The number of nitrogens with zero attached hydrogens (tertiary/aromatic N) is 2. The Bertz CT molecular complexity index is 1960. The fraction of sp³-hybridized carbons (Fsp3) is 0.568. The molecule has 328 valence electrons. The summed E-state index contributed by atoms with van der Waals surface area (Å²) in [6.45, 7) is 14.8. The predicted octanol–water partition coefficient (Wildman–Crippen LogP) is 5.69. The van der Waals surface area contributed by atoms with Crippen molar-refractivity contribution in [3.05, 3.63) is 70.6 Å². The van der Waals surface area contributed by atoms with E-state index in [1.165, 1.54) is 11.0 Å². The second-order valence-corrected chi connectivity index (χ2v) is 18.7. The number of hydrogen-bond acceptors (Lipinski definition) is 11. The van der Waals surface area contributed by atoms with Crippen molar-refractivity contribution in [1.29, 1.82) is 0 Å². The summed E-state index contributed by atoms with van der Waals surface area (Å²) in [5.41, 5.74) is 9.22. The van der Waals surface area contributed by atoms with Gasteiger partial charge in [0.05, 0.1) is 46.4 Å². The molecule has 4 amide bonds. The van der Waals surface area contributed by atoms with Gasteiger partial charge in [0.2, 0.25) is 17.7 Å². The highest BCUT2D eigenvalue weighted by Gasteiger charge is 2.48. The molecular formula is C44H61FN6O8S. The number of aromatic nitrogens is 1. The van der Waals surface area contributed by atoms with Crippen LogP contribution in [0.4, 0.5) is 9.18 Å². The molecule has 2 aliphatic rings. The van der Waals surface area contributed by atoms with Gasteiger partial charge < -0.3 is 40.6 Å². The summed E-state index contributed by atoms with van der Waals surface area (Å²) < 4.78 is 32.6. The van der Waals surface area contributed by atoms with Gasteiger partial charge in [-0.25, -0.2) is 14.2 Å². The van der Waals surface area contributed by atoms with Crippen LogP contribution in [0.1, 0.15) is 103 Å². The number of epoxide rings is 1. The minimum Gasteiger partial charge on any atom is -0.488 e. The summed E-state index contributed by atoms with van der Waals surface area (Å²) in [4.78, 5) is 58.6. The Kier molecular flexibility index (Phi) is 15.3. The van der Waals surface area contributed by atoms with Crippen molar-refractivity contribution in [3.63, 3.8) is 0 Å². The number of alkyl carbamates (subject to hydrolysis) is 1. The highest BCUT2D eigenvalue weighted by atomic mass is 32.1. The van der Waals surface area contributed by atoms with Gasteiger partial charge in [-0.05, 0) is 88.5 Å².